The first-order chi connectivity index (χ1) is 60.7. The van der Waals surface area contributed by atoms with Gasteiger partial charge < -0.3 is 60.0 Å². The number of anilines is 4. The molecule has 0 aliphatic heterocycles. The summed E-state index contributed by atoms with van der Waals surface area (Å²) in [5.74, 6) is 3.10. The van der Waals surface area contributed by atoms with Gasteiger partial charge in [0.2, 0.25) is 0 Å². The zero-order chi connectivity index (χ0) is 88.0. The summed E-state index contributed by atoms with van der Waals surface area (Å²) in [5.41, 5.74) is 26.0. The first-order valence-electron chi connectivity index (χ1n) is 41.9. The summed E-state index contributed by atoms with van der Waals surface area (Å²) in [6.07, 6.45) is 17.7. The molecule has 28 nitrogen and oxygen atoms in total. The van der Waals surface area contributed by atoms with Gasteiger partial charge in [-0.1, -0.05) is 148 Å². The molecule has 0 bridgehead atoms. The van der Waals surface area contributed by atoms with Crippen LogP contribution in [0.4, 0.5) is 23.3 Å². The maximum Gasteiger partial charge on any atom is 0.152 e. The SMILES string of the molecule is CCc1cc(-c2ccc(-n3cnc(C)c3)c(CO)n2)nnc1NCc1ccc(C)cc1.CCc1cc(-c2ccc(-n3cnc(C)c3)c(CO)n2)nnc1N[C@@H](C)c1ccc(C)cc1.CCc1cc(-c2ccc(-n3cnc(C)c3)c(CO)n2)nnc1N[C@@H](C)c1ccccc1.CCc1cc(-c2ccc(-n3cnc(C)c3)c(CO)n2)nnc1N[C@H](C)c1ccccc1. The predicted octanol–water partition coefficient (Wildman–Crippen LogP) is 17.1. The van der Waals surface area contributed by atoms with Crippen molar-refractivity contribution in [1.82, 2.24) is 98.9 Å². The summed E-state index contributed by atoms with van der Waals surface area (Å²) in [6.45, 7) is 26.5. The molecule has 16 aromatic rings. The second-order valence-electron chi connectivity index (χ2n) is 30.5. The third-order valence-corrected chi connectivity index (χ3v) is 21.2. The maximum atomic E-state index is 9.88. The molecule has 0 saturated heterocycles. The molecule has 8 N–H and O–H groups in total. The van der Waals surface area contributed by atoms with E-state index in [-0.39, 0.29) is 44.6 Å². The monoisotopic (exact) mass is 1670 g/mol. The lowest BCUT2D eigenvalue weighted by Crippen LogP contribution is -2.11. The molecule has 0 radical (unpaired) electrons. The van der Waals surface area contributed by atoms with Crippen molar-refractivity contribution in [3.05, 3.63) is 333 Å². The Labute approximate surface area is 728 Å². The Morgan fingerprint density at radius 2 is 0.560 bits per heavy atom. The highest BCUT2D eigenvalue weighted by Gasteiger charge is 2.21. The minimum absolute atomic E-state index is 0.109. The highest BCUT2D eigenvalue weighted by molar-refractivity contribution is 5.65. The Kier molecular flexibility index (Phi) is 29.7. The molecule has 0 aliphatic rings. The molecule has 4 aromatic carbocycles. The highest BCUT2D eigenvalue weighted by Crippen LogP contribution is 2.32. The summed E-state index contributed by atoms with van der Waals surface area (Å²) in [6, 6.07) is 61.1. The average Bonchev–Trinajstić information content (AvgIpc) is 1.78. The Morgan fingerprint density at radius 3 is 0.824 bits per heavy atom. The zero-order valence-corrected chi connectivity index (χ0v) is 72.8. The number of benzene rings is 4. The first kappa shape index (κ1) is 88.5. The van der Waals surface area contributed by atoms with E-state index in [0.717, 1.165) is 117 Å². The van der Waals surface area contributed by atoms with Gasteiger partial charge in [-0.25, -0.2) is 39.9 Å². The standard InChI is InChI=1S/C25H28N6O.3C24H26N6O/c1-5-19-12-22(29-30-25(19)27-18(4)20-8-6-16(2)7-9-20)21-10-11-24(23(14-32)28-21)31-13-17(3)26-15-31;1-4-19-11-21(28-29-24(19)25-12-18-7-5-16(2)6-8-18)20-9-10-23(22(14-31)27-20)30-13-17(3)26-15-30;2*1-4-18-12-21(28-29-24(18)26-17(3)19-8-6-5-7-9-19)20-10-11-23(22(14-31)27-20)30-13-16(2)25-15-30/h6-13,15,18,32H,5,14H2,1-4H3,(H,27,30);5-11,13,15,31H,4,12,14H2,1-3H3,(H,25,29);2*5-13,15,17,31H,4,14H2,1-3H3,(H,26,29)/t18-;;2*17-/m0.10/s1. The van der Waals surface area contributed by atoms with Gasteiger partial charge in [0.1, 0.15) is 22.8 Å². The van der Waals surface area contributed by atoms with Crippen LogP contribution in [0.1, 0.15) is 168 Å². The van der Waals surface area contributed by atoms with E-state index in [9.17, 15) is 20.4 Å². The molecule has 0 amide bonds. The van der Waals surface area contributed by atoms with Crippen molar-refractivity contribution in [3.63, 3.8) is 0 Å². The molecular formula is C97H106N24O4. The number of aliphatic hydroxyl groups excluding tert-OH is 4. The maximum absolute atomic E-state index is 9.88. The number of aliphatic hydroxyl groups is 4. The summed E-state index contributed by atoms with van der Waals surface area (Å²) < 4.78 is 7.44. The van der Waals surface area contributed by atoms with E-state index < -0.39 is 0 Å². The van der Waals surface area contributed by atoms with Crippen LogP contribution >= 0.6 is 0 Å². The first-order valence-corrected chi connectivity index (χ1v) is 41.9. The second kappa shape index (κ2) is 42.0. The lowest BCUT2D eigenvalue weighted by atomic mass is 10.1. The van der Waals surface area contributed by atoms with E-state index in [1.165, 1.54) is 33.4 Å². The predicted molar refractivity (Wildman–Crippen MR) is 488 cm³/mol. The van der Waals surface area contributed by atoms with Gasteiger partial charge in [-0.05, 0) is 205 Å². The van der Waals surface area contributed by atoms with Crippen molar-refractivity contribution in [2.24, 2.45) is 0 Å². The summed E-state index contributed by atoms with van der Waals surface area (Å²) in [4.78, 5) is 35.6. The van der Waals surface area contributed by atoms with E-state index in [4.69, 9.17) is 0 Å². The summed E-state index contributed by atoms with van der Waals surface area (Å²) >= 11 is 0. The number of hydrogen-bond donors (Lipinski definition) is 8. The van der Waals surface area contributed by atoms with Gasteiger partial charge in [-0.15, -0.1) is 40.8 Å². The Morgan fingerprint density at radius 1 is 0.296 bits per heavy atom. The van der Waals surface area contributed by atoms with Crippen LogP contribution in [-0.2, 0) is 58.7 Å². The van der Waals surface area contributed by atoms with Crippen molar-refractivity contribution in [2.45, 2.75) is 167 Å². The number of nitrogens with zero attached hydrogens (tertiary/aromatic N) is 20. The summed E-state index contributed by atoms with van der Waals surface area (Å²) in [5, 5.41) is 88.7. The number of hydrogen-bond acceptors (Lipinski definition) is 24. The molecule has 0 saturated carbocycles. The minimum Gasteiger partial charge on any atom is -0.390 e. The minimum atomic E-state index is -0.178. The van der Waals surface area contributed by atoms with Gasteiger partial charge >= 0.3 is 0 Å². The number of imidazole rings is 4. The van der Waals surface area contributed by atoms with Gasteiger partial charge in [0.15, 0.2) is 23.3 Å². The molecule has 0 unspecified atom stereocenters. The van der Waals surface area contributed by atoms with Gasteiger partial charge in [-0.3, -0.25) is 0 Å². The van der Waals surface area contributed by atoms with Gasteiger partial charge in [0.25, 0.3) is 0 Å². The van der Waals surface area contributed by atoms with Crippen molar-refractivity contribution in [2.75, 3.05) is 21.3 Å². The fourth-order valence-corrected chi connectivity index (χ4v) is 14.1. The molecule has 12 heterocycles. The van der Waals surface area contributed by atoms with Crippen LogP contribution in [0.5, 0.6) is 0 Å². The van der Waals surface area contributed by atoms with Gasteiger partial charge in [-0.2, -0.15) is 0 Å². The molecule has 125 heavy (non-hydrogen) atoms. The van der Waals surface area contributed by atoms with Crippen molar-refractivity contribution < 1.29 is 20.4 Å². The number of nitrogens with one attached hydrogen (secondary N) is 4. The van der Waals surface area contributed by atoms with E-state index in [1.807, 2.05) is 180 Å². The fraction of sp³-hybridized carbons (Fsp3) is 0.258. The molecule has 16 rings (SSSR count). The number of aromatic nitrogens is 20. The van der Waals surface area contributed by atoms with Crippen LogP contribution < -0.4 is 21.3 Å². The van der Waals surface area contributed by atoms with Crippen molar-refractivity contribution in [3.8, 4) is 68.3 Å². The molecule has 28 heteroatoms. The quantitative estimate of drug-likeness (QED) is 0.0226. The molecule has 0 spiro atoms. The van der Waals surface area contributed by atoms with Crippen molar-refractivity contribution in [1.29, 1.82) is 0 Å². The van der Waals surface area contributed by atoms with Crippen molar-refractivity contribution >= 4 is 23.3 Å². The number of rotatable bonds is 28. The van der Waals surface area contributed by atoms with Crippen LogP contribution in [0.3, 0.4) is 0 Å². The topological polar surface area (TPSA) is 355 Å². The van der Waals surface area contributed by atoms with Crippen LogP contribution in [-0.4, -0.2) is 119 Å². The van der Waals surface area contributed by atoms with E-state index in [2.05, 4.69) is 237 Å². The molecule has 638 valence electrons. The van der Waals surface area contributed by atoms with Crippen LogP contribution in [0.2, 0.25) is 0 Å². The molecular weight excluding hydrogens is 1570 g/mol. The second-order valence-corrected chi connectivity index (χ2v) is 30.5. The smallest absolute Gasteiger partial charge is 0.152 e. The van der Waals surface area contributed by atoms with Crippen LogP contribution in [0.15, 0.2) is 232 Å². The lowest BCUT2D eigenvalue weighted by Gasteiger charge is -2.17. The fourth-order valence-electron chi connectivity index (χ4n) is 14.1. The third kappa shape index (κ3) is 22.3. The molecule has 0 aliphatic carbocycles. The Hall–Kier alpha value is -14.3. The molecule has 0 fully saturated rings. The Balaban J connectivity index is 0.000000143. The van der Waals surface area contributed by atoms with Gasteiger partial charge in [0, 0.05) is 31.3 Å². The molecule has 3 atom stereocenters. The average molecular weight is 1670 g/mol. The normalized spacial score (nSPS) is 11.8. The Bertz CT molecular complexity index is 6070. The van der Waals surface area contributed by atoms with Gasteiger partial charge in [0.05, 0.1) is 161 Å². The lowest BCUT2D eigenvalue weighted by molar-refractivity contribution is 0.276. The zero-order valence-electron chi connectivity index (χ0n) is 72.8. The largest absolute Gasteiger partial charge is 0.390 e. The van der Waals surface area contributed by atoms with E-state index in [1.54, 1.807) is 25.3 Å². The number of aryl methyl sites for hydroxylation is 10. The molecule has 12 aromatic heterocycles. The van der Waals surface area contributed by atoms with Crippen LogP contribution in [0, 0.1) is 41.5 Å². The number of pyridine rings is 4. The highest BCUT2D eigenvalue weighted by atomic mass is 16.3. The van der Waals surface area contributed by atoms with Crippen LogP contribution in [0.25, 0.3) is 68.3 Å². The summed E-state index contributed by atoms with van der Waals surface area (Å²) in [7, 11) is 0. The van der Waals surface area contributed by atoms with E-state index in [0.29, 0.717) is 74.9 Å². The third-order valence-electron chi connectivity index (χ3n) is 21.2. The van der Waals surface area contributed by atoms with E-state index >= 15 is 0 Å².